The maximum Gasteiger partial charge on any atom is 0.0991 e. The Labute approximate surface area is 129 Å². The summed E-state index contributed by atoms with van der Waals surface area (Å²) in [5, 5.41) is 13.9. The molecule has 1 nitrogen and oxygen atoms in total. The van der Waals surface area contributed by atoms with E-state index in [2.05, 4.69) is 60.7 Å². The zero-order valence-corrected chi connectivity index (χ0v) is 12.0. The first-order valence-electron chi connectivity index (χ1n) is 7.28. The van der Waals surface area contributed by atoms with E-state index in [1.807, 2.05) is 24.3 Å². The van der Waals surface area contributed by atoms with Crippen molar-refractivity contribution in [2.45, 2.75) is 0 Å². The van der Waals surface area contributed by atoms with Crippen molar-refractivity contribution in [3.63, 3.8) is 0 Å². The Morgan fingerprint density at radius 2 is 1.36 bits per heavy atom. The summed E-state index contributed by atoms with van der Waals surface area (Å²) in [5.41, 5.74) is 3.14. The molecular weight excluding hydrogens is 266 g/mol. The van der Waals surface area contributed by atoms with E-state index in [0.717, 1.165) is 10.8 Å². The van der Waals surface area contributed by atoms with Crippen LogP contribution in [0.4, 0.5) is 0 Å². The van der Waals surface area contributed by atoms with Crippen LogP contribution in [0.1, 0.15) is 5.56 Å². The zero-order valence-electron chi connectivity index (χ0n) is 12.0. The van der Waals surface area contributed by atoms with E-state index in [1.165, 1.54) is 21.9 Å². The summed E-state index contributed by atoms with van der Waals surface area (Å²) in [6.07, 6.45) is 0. The molecule has 0 saturated carbocycles. The molecule has 4 aromatic rings. The van der Waals surface area contributed by atoms with Crippen molar-refractivity contribution in [2.75, 3.05) is 0 Å². The smallest absolute Gasteiger partial charge is 0.0991 e. The topological polar surface area (TPSA) is 23.8 Å². The van der Waals surface area contributed by atoms with Crippen LogP contribution < -0.4 is 0 Å². The molecule has 0 spiro atoms. The van der Waals surface area contributed by atoms with Crippen LogP contribution in [-0.2, 0) is 0 Å². The monoisotopic (exact) mass is 279 g/mol. The Balaban J connectivity index is 2.16. The Morgan fingerprint density at radius 1 is 0.636 bits per heavy atom. The number of benzene rings is 4. The molecule has 0 saturated heterocycles. The lowest BCUT2D eigenvalue weighted by atomic mass is 9.93. The van der Waals surface area contributed by atoms with Crippen molar-refractivity contribution in [2.24, 2.45) is 0 Å². The number of nitriles is 1. The van der Waals surface area contributed by atoms with Gasteiger partial charge in [0.1, 0.15) is 0 Å². The van der Waals surface area contributed by atoms with E-state index in [0.29, 0.717) is 5.56 Å². The van der Waals surface area contributed by atoms with Crippen molar-refractivity contribution in [3.05, 3.63) is 84.4 Å². The Hall–Kier alpha value is -3.11. The fourth-order valence-corrected chi connectivity index (χ4v) is 3.03. The fourth-order valence-electron chi connectivity index (χ4n) is 3.03. The molecule has 0 bridgehead atoms. The molecule has 0 aliphatic heterocycles. The second kappa shape index (κ2) is 5.02. The van der Waals surface area contributed by atoms with Crippen LogP contribution in [0, 0.1) is 11.3 Å². The minimum atomic E-state index is 0.699. The lowest BCUT2D eigenvalue weighted by Gasteiger charge is -2.11. The minimum absolute atomic E-state index is 0.699. The van der Waals surface area contributed by atoms with Crippen molar-refractivity contribution >= 4 is 21.5 Å². The molecule has 0 fully saturated rings. The van der Waals surface area contributed by atoms with Crippen LogP contribution in [0.5, 0.6) is 0 Å². The van der Waals surface area contributed by atoms with Gasteiger partial charge in [-0.2, -0.15) is 5.26 Å². The highest BCUT2D eigenvalue weighted by Gasteiger charge is 2.08. The second-order valence-corrected chi connectivity index (χ2v) is 5.38. The fraction of sp³-hybridized carbons (Fsp3) is 0. The maximum absolute atomic E-state index is 9.15. The third-order valence-electron chi connectivity index (χ3n) is 4.07. The minimum Gasteiger partial charge on any atom is -0.192 e. The van der Waals surface area contributed by atoms with E-state index >= 15 is 0 Å². The maximum atomic E-state index is 9.15. The highest BCUT2D eigenvalue weighted by atomic mass is 14.2. The molecule has 0 aliphatic carbocycles. The summed E-state index contributed by atoms with van der Waals surface area (Å²) in [5.74, 6) is 0. The van der Waals surface area contributed by atoms with Crippen LogP contribution in [0.3, 0.4) is 0 Å². The summed E-state index contributed by atoms with van der Waals surface area (Å²) in [6, 6.07) is 29.2. The van der Waals surface area contributed by atoms with E-state index in [-0.39, 0.29) is 0 Å². The van der Waals surface area contributed by atoms with Gasteiger partial charge in [-0.3, -0.25) is 0 Å². The first-order chi connectivity index (χ1) is 10.9. The zero-order chi connectivity index (χ0) is 14.9. The largest absolute Gasteiger partial charge is 0.192 e. The number of rotatable bonds is 1. The molecule has 102 valence electrons. The number of fused-ring (bicyclic) bond motifs is 3. The molecule has 0 heterocycles. The van der Waals surface area contributed by atoms with Gasteiger partial charge in [0.15, 0.2) is 0 Å². The van der Waals surface area contributed by atoms with Gasteiger partial charge in [-0.05, 0) is 50.9 Å². The molecule has 0 N–H and O–H groups in total. The highest BCUT2D eigenvalue weighted by Crippen LogP contribution is 2.35. The van der Waals surface area contributed by atoms with Gasteiger partial charge in [-0.25, -0.2) is 0 Å². The molecule has 0 aliphatic rings. The van der Waals surface area contributed by atoms with E-state index in [1.54, 1.807) is 0 Å². The third-order valence-corrected chi connectivity index (χ3v) is 4.07. The summed E-state index contributed by atoms with van der Waals surface area (Å²) in [4.78, 5) is 0. The Morgan fingerprint density at radius 3 is 2.14 bits per heavy atom. The lowest BCUT2D eigenvalue weighted by molar-refractivity contribution is 1.50. The van der Waals surface area contributed by atoms with Gasteiger partial charge in [-0.15, -0.1) is 0 Å². The van der Waals surface area contributed by atoms with Crippen molar-refractivity contribution in [3.8, 4) is 17.2 Å². The van der Waals surface area contributed by atoms with Gasteiger partial charge in [-0.1, -0.05) is 60.7 Å². The molecule has 0 unspecified atom stereocenters. The standard InChI is InChI=1S/C21H13N/c22-14-15-10-11-17-13-21(16-6-2-1-3-7-16)19-9-5-4-8-18(19)20(17)12-15/h1-13H. The second-order valence-electron chi connectivity index (χ2n) is 5.38. The van der Waals surface area contributed by atoms with Crippen molar-refractivity contribution in [1.29, 1.82) is 5.26 Å². The van der Waals surface area contributed by atoms with Gasteiger partial charge in [0, 0.05) is 0 Å². The molecule has 4 rings (SSSR count). The predicted octanol–water partition coefficient (Wildman–Crippen LogP) is 5.53. The van der Waals surface area contributed by atoms with Crippen LogP contribution in [0.25, 0.3) is 32.7 Å². The quantitative estimate of drug-likeness (QED) is 0.420. The third kappa shape index (κ3) is 1.94. The summed E-state index contributed by atoms with van der Waals surface area (Å²) in [6.45, 7) is 0. The predicted molar refractivity (Wildman–Crippen MR) is 91.6 cm³/mol. The molecule has 0 amide bonds. The average molecular weight is 279 g/mol. The van der Waals surface area contributed by atoms with Gasteiger partial charge < -0.3 is 0 Å². The molecule has 4 aromatic carbocycles. The first kappa shape index (κ1) is 12.6. The van der Waals surface area contributed by atoms with Crippen LogP contribution in [0.2, 0.25) is 0 Å². The molecule has 22 heavy (non-hydrogen) atoms. The molecular formula is C21H13N. The first-order valence-corrected chi connectivity index (χ1v) is 7.28. The molecule has 0 aromatic heterocycles. The van der Waals surface area contributed by atoms with E-state index in [9.17, 15) is 0 Å². The highest BCUT2D eigenvalue weighted by molar-refractivity contribution is 6.14. The normalized spacial score (nSPS) is 10.7. The lowest BCUT2D eigenvalue weighted by Crippen LogP contribution is -1.85. The van der Waals surface area contributed by atoms with Gasteiger partial charge in [0.2, 0.25) is 0 Å². The average Bonchev–Trinajstić information content (AvgIpc) is 2.61. The molecule has 1 heteroatoms. The van der Waals surface area contributed by atoms with Crippen LogP contribution >= 0.6 is 0 Å². The molecule has 0 radical (unpaired) electrons. The summed E-state index contributed by atoms with van der Waals surface area (Å²) < 4.78 is 0. The van der Waals surface area contributed by atoms with Crippen LogP contribution in [0.15, 0.2) is 78.9 Å². The number of hydrogen-bond acceptors (Lipinski definition) is 1. The van der Waals surface area contributed by atoms with Gasteiger partial charge in [0.25, 0.3) is 0 Å². The molecule has 0 atom stereocenters. The van der Waals surface area contributed by atoms with Gasteiger partial charge >= 0.3 is 0 Å². The van der Waals surface area contributed by atoms with Gasteiger partial charge in [0.05, 0.1) is 11.6 Å². The Bertz CT molecular complexity index is 1020. The number of nitrogens with zero attached hydrogens (tertiary/aromatic N) is 1. The summed E-state index contributed by atoms with van der Waals surface area (Å²) in [7, 11) is 0. The van der Waals surface area contributed by atoms with Crippen LogP contribution in [-0.4, -0.2) is 0 Å². The van der Waals surface area contributed by atoms with E-state index in [4.69, 9.17) is 5.26 Å². The SMILES string of the molecule is N#Cc1ccc2cc(-c3ccccc3)c3ccccc3c2c1. The van der Waals surface area contributed by atoms with Crippen molar-refractivity contribution < 1.29 is 0 Å². The Kier molecular flexibility index (Phi) is 2.88. The van der Waals surface area contributed by atoms with Crippen molar-refractivity contribution in [1.82, 2.24) is 0 Å². The van der Waals surface area contributed by atoms with E-state index < -0.39 is 0 Å². The summed E-state index contributed by atoms with van der Waals surface area (Å²) >= 11 is 0. The number of hydrogen-bond donors (Lipinski definition) is 0.